The summed E-state index contributed by atoms with van der Waals surface area (Å²) in [5.41, 5.74) is -0.499. The second kappa shape index (κ2) is 7.24. The van der Waals surface area contributed by atoms with Crippen LogP contribution >= 0.6 is 0 Å². The molecule has 0 aromatic rings. The zero-order valence-corrected chi connectivity index (χ0v) is 12.4. The minimum Gasteiger partial charge on any atom is -0.444 e. The Morgan fingerprint density at radius 3 is 2.28 bits per heavy atom. The smallest absolute Gasteiger partial charge is 0.407 e. The third-order valence-corrected chi connectivity index (χ3v) is 2.55. The molecule has 0 aliphatic heterocycles. The summed E-state index contributed by atoms with van der Waals surface area (Å²) in [6.07, 6.45) is 0.446. The van der Waals surface area contributed by atoms with Crippen LogP contribution in [-0.2, 0) is 9.53 Å². The van der Waals surface area contributed by atoms with Gasteiger partial charge in [0.1, 0.15) is 5.60 Å². The predicted molar refractivity (Wildman–Crippen MR) is 71.4 cm³/mol. The van der Waals surface area contributed by atoms with Gasteiger partial charge in [0.2, 0.25) is 5.91 Å². The average Bonchev–Trinajstić information content (AvgIpc) is 2.20. The number of alkyl carbamates (subject to hydrolysis) is 1. The number of carbonyl (C=O) groups excluding carboxylic acids is 2. The molecular weight excluding hydrogens is 232 g/mol. The van der Waals surface area contributed by atoms with E-state index < -0.39 is 11.7 Å². The molecule has 1 atom stereocenters. The van der Waals surface area contributed by atoms with Crippen molar-refractivity contribution in [2.24, 2.45) is 0 Å². The van der Waals surface area contributed by atoms with Crippen molar-refractivity contribution in [3.8, 4) is 0 Å². The van der Waals surface area contributed by atoms with Gasteiger partial charge in [-0.3, -0.25) is 4.79 Å². The fourth-order valence-electron chi connectivity index (χ4n) is 1.50. The van der Waals surface area contributed by atoms with Crippen molar-refractivity contribution in [3.05, 3.63) is 0 Å². The standard InChI is InChI=1S/C13H26N2O3/c1-7-10(2)15(11(3)16)9-8-14-12(17)18-13(4,5)6/h10H,7-9H2,1-6H3,(H,14,17). The van der Waals surface area contributed by atoms with Gasteiger partial charge in [0.15, 0.2) is 0 Å². The highest BCUT2D eigenvalue weighted by atomic mass is 16.6. The van der Waals surface area contributed by atoms with Crippen LogP contribution in [0.1, 0.15) is 48.0 Å². The van der Waals surface area contributed by atoms with Crippen LogP contribution in [0.25, 0.3) is 0 Å². The van der Waals surface area contributed by atoms with Gasteiger partial charge in [0, 0.05) is 26.1 Å². The molecule has 18 heavy (non-hydrogen) atoms. The van der Waals surface area contributed by atoms with Crippen LogP contribution in [0.15, 0.2) is 0 Å². The quantitative estimate of drug-likeness (QED) is 0.822. The Hall–Kier alpha value is -1.26. The molecule has 0 rings (SSSR count). The number of nitrogens with one attached hydrogen (secondary N) is 1. The summed E-state index contributed by atoms with van der Waals surface area (Å²) in [4.78, 5) is 24.6. The molecule has 0 fully saturated rings. The van der Waals surface area contributed by atoms with Crippen molar-refractivity contribution in [1.82, 2.24) is 10.2 Å². The van der Waals surface area contributed by atoms with E-state index in [4.69, 9.17) is 4.74 Å². The number of hydrogen-bond acceptors (Lipinski definition) is 3. The van der Waals surface area contributed by atoms with Gasteiger partial charge in [-0.05, 0) is 34.1 Å². The van der Waals surface area contributed by atoms with Crippen molar-refractivity contribution >= 4 is 12.0 Å². The maximum absolute atomic E-state index is 11.4. The highest BCUT2D eigenvalue weighted by molar-refractivity contribution is 5.73. The lowest BCUT2D eigenvalue weighted by Gasteiger charge is -2.27. The van der Waals surface area contributed by atoms with E-state index in [0.717, 1.165) is 6.42 Å². The summed E-state index contributed by atoms with van der Waals surface area (Å²) in [6.45, 7) is 11.9. The predicted octanol–water partition coefficient (Wildman–Crippen LogP) is 2.16. The molecule has 0 heterocycles. The molecule has 0 aliphatic carbocycles. The molecule has 0 aliphatic rings. The molecule has 5 heteroatoms. The van der Waals surface area contributed by atoms with Gasteiger partial charge >= 0.3 is 6.09 Å². The van der Waals surface area contributed by atoms with E-state index in [1.54, 1.807) is 11.8 Å². The van der Waals surface area contributed by atoms with Crippen LogP contribution in [0, 0.1) is 0 Å². The minimum atomic E-state index is -0.499. The largest absolute Gasteiger partial charge is 0.444 e. The molecule has 0 saturated heterocycles. The molecule has 0 radical (unpaired) electrons. The Labute approximate surface area is 110 Å². The van der Waals surface area contributed by atoms with E-state index in [1.165, 1.54) is 0 Å². The fourth-order valence-corrected chi connectivity index (χ4v) is 1.50. The molecular formula is C13H26N2O3. The van der Waals surface area contributed by atoms with Gasteiger partial charge in [-0.25, -0.2) is 4.79 Å². The van der Waals surface area contributed by atoms with Gasteiger partial charge in [-0.15, -0.1) is 0 Å². The average molecular weight is 258 g/mol. The van der Waals surface area contributed by atoms with Crippen LogP contribution in [-0.4, -0.2) is 41.6 Å². The Morgan fingerprint density at radius 1 is 1.33 bits per heavy atom. The van der Waals surface area contributed by atoms with Gasteiger partial charge in [0.05, 0.1) is 0 Å². The van der Waals surface area contributed by atoms with Crippen LogP contribution < -0.4 is 5.32 Å². The van der Waals surface area contributed by atoms with E-state index in [2.05, 4.69) is 5.32 Å². The van der Waals surface area contributed by atoms with Crippen LogP contribution in [0.2, 0.25) is 0 Å². The maximum Gasteiger partial charge on any atom is 0.407 e. The lowest BCUT2D eigenvalue weighted by atomic mass is 10.2. The van der Waals surface area contributed by atoms with Gasteiger partial charge in [0.25, 0.3) is 0 Å². The highest BCUT2D eigenvalue weighted by Crippen LogP contribution is 2.06. The number of nitrogens with zero attached hydrogens (tertiary/aromatic N) is 1. The molecule has 1 N–H and O–H groups in total. The molecule has 5 nitrogen and oxygen atoms in total. The number of rotatable bonds is 5. The zero-order valence-electron chi connectivity index (χ0n) is 12.4. The van der Waals surface area contributed by atoms with E-state index in [-0.39, 0.29) is 11.9 Å². The van der Waals surface area contributed by atoms with E-state index in [0.29, 0.717) is 13.1 Å². The molecule has 0 saturated carbocycles. The summed E-state index contributed by atoms with van der Waals surface area (Å²) < 4.78 is 5.11. The Kier molecular flexibility index (Phi) is 6.73. The van der Waals surface area contributed by atoms with Crippen molar-refractivity contribution in [3.63, 3.8) is 0 Å². The second-order valence-corrected chi connectivity index (χ2v) is 5.40. The summed E-state index contributed by atoms with van der Waals surface area (Å²) >= 11 is 0. The highest BCUT2D eigenvalue weighted by Gasteiger charge is 2.17. The molecule has 0 aromatic heterocycles. The first-order chi connectivity index (χ1) is 8.17. The van der Waals surface area contributed by atoms with E-state index in [9.17, 15) is 9.59 Å². The van der Waals surface area contributed by atoms with Gasteiger partial charge in [-0.2, -0.15) is 0 Å². The first-order valence-electron chi connectivity index (χ1n) is 6.41. The molecule has 0 aromatic carbocycles. The van der Waals surface area contributed by atoms with Crippen LogP contribution in [0.4, 0.5) is 4.79 Å². The van der Waals surface area contributed by atoms with Crippen molar-refractivity contribution < 1.29 is 14.3 Å². The first-order valence-corrected chi connectivity index (χ1v) is 6.41. The minimum absolute atomic E-state index is 0.0235. The fraction of sp³-hybridized carbons (Fsp3) is 0.846. The summed E-state index contributed by atoms with van der Waals surface area (Å²) in [5.74, 6) is 0.0235. The monoisotopic (exact) mass is 258 g/mol. The Bertz CT molecular complexity index is 284. The van der Waals surface area contributed by atoms with E-state index in [1.807, 2.05) is 34.6 Å². The molecule has 2 amide bonds. The molecule has 0 bridgehead atoms. The maximum atomic E-state index is 11.4. The van der Waals surface area contributed by atoms with Crippen molar-refractivity contribution in [2.75, 3.05) is 13.1 Å². The topological polar surface area (TPSA) is 58.6 Å². The number of carbonyl (C=O) groups is 2. The second-order valence-electron chi connectivity index (χ2n) is 5.40. The van der Waals surface area contributed by atoms with Crippen LogP contribution in [0.5, 0.6) is 0 Å². The summed E-state index contributed by atoms with van der Waals surface area (Å²) in [5, 5.41) is 2.65. The third-order valence-electron chi connectivity index (χ3n) is 2.55. The molecule has 106 valence electrons. The summed E-state index contributed by atoms with van der Waals surface area (Å²) in [7, 11) is 0. The SMILES string of the molecule is CCC(C)N(CCNC(=O)OC(C)(C)C)C(C)=O. The normalized spacial score (nSPS) is 12.8. The Balaban J connectivity index is 4.08. The lowest BCUT2D eigenvalue weighted by Crippen LogP contribution is -2.43. The summed E-state index contributed by atoms with van der Waals surface area (Å²) in [6, 6.07) is 0.183. The number of ether oxygens (including phenoxy) is 1. The van der Waals surface area contributed by atoms with E-state index >= 15 is 0 Å². The number of hydrogen-bond donors (Lipinski definition) is 1. The zero-order chi connectivity index (χ0) is 14.3. The van der Waals surface area contributed by atoms with Gasteiger partial charge in [-0.1, -0.05) is 6.92 Å². The van der Waals surface area contributed by atoms with Crippen molar-refractivity contribution in [2.45, 2.75) is 59.6 Å². The Morgan fingerprint density at radius 2 is 1.89 bits per heavy atom. The lowest BCUT2D eigenvalue weighted by molar-refractivity contribution is -0.130. The van der Waals surface area contributed by atoms with Crippen LogP contribution in [0.3, 0.4) is 0 Å². The number of amides is 2. The first kappa shape index (κ1) is 16.7. The third kappa shape index (κ3) is 7.14. The molecule has 0 spiro atoms. The van der Waals surface area contributed by atoms with Gasteiger partial charge < -0.3 is 15.0 Å². The van der Waals surface area contributed by atoms with Crippen molar-refractivity contribution in [1.29, 1.82) is 0 Å². The molecule has 1 unspecified atom stereocenters.